The number of anilines is 1. The molecule has 3 amide bonds. The highest BCUT2D eigenvalue weighted by Crippen LogP contribution is 2.49. The highest BCUT2D eigenvalue weighted by Gasteiger charge is 2.48. The van der Waals surface area contributed by atoms with Crippen molar-refractivity contribution in [1.82, 2.24) is 14.5 Å². The van der Waals surface area contributed by atoms with Gasteiger partial charge in [-0.25, -0.2) is 9.78 Å². The number of rotatable bonds is 11. The van der Waals surface area contributed by atoms with Crippen molar-refractivity contribution in [2.45, 2.75) is 38.6 Å². The molecule has 1 aliphatic heterocycles. The van der Waals surface area contributed by atoms with Crippen LogP contribution in [-0.4, -0.2) is 47.9 Å². The van der Waals surface area contributed by atoms with Crippen LogP contribution in [0.4, 0.5) is 10.5 Å². The van der Waals surface area contributed by atoms with Gasteiger partial charge >= 0.3 is 13.7 Å². The predicted molar refractivity (Wildman–Crippen MR) is 165 cm³/mol. The standard InChI is InChI=1S/C32H31N4O7P/c1-3-5-11-27(44(40,41)42)36-30(37)25-15-14-24(23-13-12-21(4-2)18-26(23)35-17-16-33-20-35)29(28(25)31(36)38)34-32(39)43-19-22-9-7-6-8-10-22/h4,6-10,12-18,20,27H,2-3,5,11,19H2,1H3,(H,34,39)(H2,40,41,42). The van der Waals surface area contributed by atoms with Crippen LogP contribution < -0.4 is 5.32 Å². The molecule has 1 atom stereocenters. The quantitative estimate of drug-likeness (QED) is 0.133. The fraction of sp³-hybridized carbons (Fsp3) is 0.188. The van der Waals surface area contributed by atoms with Gasteiger partial charge in [-0.1, -0.05) is 81.0 Å². The maximum Gasteiger partial charge on any atom is 0.411 e. The monoisotopic (exact) mass is 614 g/mol. The van der Waals surface area contributed by atoms with Gasteiger partial charge in [-0.3, -0.25) is 24.4 Å². The Balaban J connectivity index is 1.65. The minimum Gasteiger partial charge on any atom is -0.444 e. The molecule has 0 bridgehead atoms. The van der Waals surface area contributed by atoms with E-state index in [1.54, 1.807) is 71.8 Å². The molecule has 5 rings (SSSR count). The zero-order valence-electron chi connectivity index (χ0n) is 23.9. The van der Waals surface area contributed by atoms with Crippen LogP contribution in [0.2, 0.25) is 0 Å². The van der Waals surface area contributed by atoms with E-state index in [2.05, 4.69) is 16.9 Å². The molecule has 11 nitrogen and oxygen atoms in total. The third-order valence-electron chi connectivity index (χ3n) is 7.36. The zero-order valence-corrected chi connectivity index (χ0v) is 24.8. The maximum absolute atomic E-state index is 14.0. The average Bonchev–Trinajstić information content (AvgIpc) is 3.64. The number of nitrogens with zero attached hydrogens (tertiary/aromatic N) is 3. The largest absolute Gasteiger partial charge is 0.444 e. The van der Waals surface area contributed by atoms with Crippen LogP contribution >= 0.6 is 7.60 Å². The number of benzene rings is 3. The molecule has 1 aromatic heterocycles. The summed E-state index contributed by atoms with van der Waals surface area (Å²) >= 11 is 0. The second-order valence-corrected chi connectivity index (χ2v) is 12.0. The molecule has 12 heteroatoms. The van der Waals surface area contributed by atoms with Crippen LogP contribution in [0.3, 0.4) is 0 Å². The van der Waals surface area contributed by atoms with Gasteiger partial charge in [0.2, 0.25) is 0 Å². The molecular formula is C32H31N4O7P. The van der Waals surface area contributed by atoms with Crippen molar-refractivity contribution in [3.63, 3.8) is 0 Å². The number of hydrogen-bond acceptors (Lipinski definition) is 6. The van der Waals surface area contributed by atoms with Crippen molar-refractivity contribution in [1.29, 1.82) is 0 Å². The van der Waals surface area contributed by atoms with Crippen LogP contribution in [0.1, 0.15) is 58.0 Å². The number of imide groups is 1. The van der Waals surface area contributed by atoms with Crippen LogP contribution in [-0.2, 0) is 15.9 Å². The molecule has 3 aromatic carbocycles. The molecule has 0 radical (unpaired) electrons. The van der Waals surface area contributed by atoms with E-state index in [-0.39, 0.29) is 29.8 Å². The molecular weight excluding hydrogens is 583 g/mol. The van der Waals surface area contributed by atoms with E-state index in [0.29, 0.717) is 34.6 Å². The summed E-state index contributed by atoms with van der Waals surface area (Å²) in [6.45, 7) is 5.62. The fourth-order valence-electron chi connectivity index (χ4n) is 5.18. The summed E-state index contributed by atoms with van der Waals surface area (Å²) in [5.41, 5.74) is 2.85. The van der Waals surface area contributed by atoms with Crippen LogP contribution in [0, 0.1) is 0 Å². The summed E-state index contributed by atoms with van der Waals surface area (Å²) < 4.78 is 19.7. The van der Waals surface area contributed by atoms with Crippen LogP contribution in [0.15, 0.2) is 86.0 Å². The number of amides is 3. The lowest BCUT2D eigenvalue weighted by molar-refractivity contribution is 0.0607. The van der Waals surface area contributed by atoms with E-state index in [0.717, 1.165) is 11.1 Å². The minimum atomic E-state index is -4.91. The van der Waals surface area contributed by atoms with Gasteiger partial charge in [-0.05, 0) is 29.7 Å². The summed E-state index contributed by atoms with van der Waals surface area (Å²) in [4.78, 5) is 65.8. The third kappa shape index (κ3) is 6.12. The number of carbonyl (C=O) groups excluding carboxylic acids is 3. The molecule has 1 aliphatic rings. The van der Waals surface area contributed by atoms with E-state index < -0.39 is 31.3 Å². The van der Waals surface area contributed by atoms with Gasteiger partial charge in [0.15, 0.2) is 0 Å². The molecule has 0 aliphatic carbocycles. The molecule has 0 spiro atoms. The number of unbranched alkanes of at least 4 members (excludes halogenated alkanes) is 1. The maximum atomic E-state index is 14.0. The number of nitrogens with one attached hydrogen (secondary N) is 1. The van der Waals surface area contributed by atoms with E-state index in [1.807, 2.05) is 19.1 Å². The lowest BCUT2D eigenvalue weighted by Crippen LogP contribution is -2.39. The number of fused-ring (bicyclic) bond motifs is 1. The Hall–Kier alpha value is -4.83. The lowest BCUT2D eigenvalue weighted by Gasteiger charge is -2.26. The zero-order chi connectivity index (χ0) is 31.4. The molecule has 4 aromatic rings. The lowest BCUT2D eigenvalue weighted by atomic mass is 9.94. The normalized spacial score (nSPS) is 13.5. The minimum absolute atomic E-state index is 0.0194. The molecule has 0 saturated carbocycles. The summed E-state index contributed by atoms with van der Waals surface area (Å²) in [5, 5.41) is 2.67. The Kier molecular flexibility index (Phi) is 8.91. The summed E-state index contributed by atoms with van der Waals surface area (Å²) in [6.07, 6.45) is 6.62. The van der Waals surface area contributed by atoms with Crippen LogP contribution in [0.25, 0.3) is 22.9 Å². The first-order chi connectivity index (χ1) is 21.1. The van der Waals surface area contributed by atoms with Crippen LogP contribution in [0.5, 0.6) is 0 Å². The Bertz CT molecular complexity index is 1770. The van der Waals surface area contributed by atoms with E-state index in [9.17, 15) is 28.7 Å². The number of ether oxygens (including phenoxy) is 1. The molecule has 3 N–H and O–H groups in total. The highest BCUT2D eigenvalue weighted by atomic mass is 31.2. The first-order valence-electron chi connectivity index (χ1n) is 14.0. The average molecular weight is 615 g/mol. The number of aromatic nitrogens is 2. The summed E-state index contributed by atoms with van der Waals surface area (Å²) in [5.74, 6) is -3.41. The Morgan fingerprint density at radius 1 is 1.07 bits per heavy atom. The second-order valence-electron chi connectivity index (χ2n) is 10.2. The van der Waals surface area contributed by atoms with Gasteiger partial charge in [-0.15, -0.1) is 0 Å². The molecule has 0 saturated heterocycles. The van der Waals surface area contributed by atoms with Crippen molar-refractivity contribution < 1.29 is 33.5 Å². The fourth-order valence-corrected chi connectivity index (χ4v) is 6.21. The van der Waals surface area contributed by atoms with E-state index >= 15 is 0 Å². The van der Waals surface area contributed by atoms with Gasteiger partial charge in [0, 0.05) is 23.5 Å². The second kappa shape index (κ2) is 12.8. The Labute approximate surface area is 254 Å². The number of imidazole rings is 1. The van der Waals surface area contributed by atoms with Crippen molar-refractivity contribution in [3.8, 4) is 16.8 Å². The SMILES string of the molecule is C=Cc1ccc(-c2ccc3c(c2NC(=O)OCc2ccccc2)C(=O)N(C(CCCC)P(=O)(O)O)C3=O)c(-n2ccnc2)c1. The third-order valence-corrected chi connectivity index (χ3v) is 8.63. The van der Waals surface area contributed by atoms with Gasteiger partial charge in [-0.2, -0.15) is 0 Å². The molecule has 2 heterocycles. The summed E-state index contributed by atoms with van der Waals surface area (Å²) in [7, 11) is -4.91. The van der Waals surface area contributed by atoms with Crippen molar-refractivity contribution in [2.75, 3.05) is 5.32 Å². The van der Waals surface area contributed by atoms with E-state index in [4.69, 9.17) is 4.74 Å². The molecule has 0 fully saturated rings. The van der Waals surface area contributed by atoms with E-state index in [1.165, 1.54) is 6.07 Å². The smallest absolute Gasteiger partial charge is 0.411 e. The van der Waals surface area contributed by atoms with Crippen molar-refractivity contribution >= 4 is 37.3 Å². The first-order valence-corrected chi connectivity index (χ1v) is 15.6. The Morgan fingerprint density at radius 2 is 1.80 bits per heavy atom. The van der Waals surface area contributed by atoms with Gasteiger partial charge in [0.1, 0.15) is 12.4 Å². The van der Waals surface area contributed by atoms with Crippen molar-refractivity contribution in [3.05, 3.63) is 108 Å². The molecule has 44 heavy (non-hydrogen) atoms. The van der Waals surface area contributed by atoms with Gasteiger partial charge < -0.3 is 19.1 Å². The first kappa shape index (κ1) is 30.6. The predicted octanol–water partition coefficient (Wildman–Crippen LogP) is 6.22. The Morgan fingerprint density at radius 3 is 2.45 bits per heavy atom. The number of carbonyl (C=O) groups is 3. The van der Waals surface area contributed by atoms with Gasteiger partial charge in [0.25, 0.3) is 11.8 Å². The summed E-state index contributed by atoms with van der Waals surface area (Å²) in [6, 6.07) is 17.5. The number of hydrogen-bond donors (Lipinski definition) is 3. The highest BCUT2D eigenvalue weighted by molar-refractivity contribution is 7.52. The van der Waals surface area contributed by atoms with Crippen molar-refractivity contribution in [2.24, 2.45) is 0 Å². The topological polar surface area (TPSA) is 151 Å². The van der Waals surface area contributed by atoms with Gasteiger partial charge in [0.05, 0.1) is 28.8 Å². The molecule has 1 unspecified atom stereocenters. The molecule has 226 valence electrons.